The summed E-state index contributed by atoms with van der Waals surface area (Å²) in [6, 6.07) is 6.06. The van der Waals surface area contributed by atoms with Gasteiger partial charge in [-0.05, 0) is 42.9 Å². The topological polar surface area (TPSA) is 41.6 Å². The predicted molar refractivity (Wildman–Crippen MR) is 73.6 cm³/mol. The number of amides is 1. The molecule has 2 aliphatic rings. The Hall–Kier alpha value is -1.55. The SMILES string of the molecule is O=C(Oc1cccc2c1CCCC2)N1CCNCC1. The minimum absolute atomic E-state index is 0.208. The maximum atomic E-state index is 12.1. The second-order valence-corrected chi connectivity index (χ2v) is 5.21. The minimum Gasteiger partial charge on any atom is -0.410 e. The predicted octanol–water partition coefficient (Wildman–Crippen LogP) is 1.97. The fourth-order valence-electron chi connectivity index (χ4n) is 2.85. The summed E-state index contributed by atoms with van der Waals surface area (Å²) in [5.41, 5.74) is 2.58. The molecule has 19 heavy (non-hydrogen) atoms. The molecule has 1 heterocycles. The van der Waals surface area contributed by atoms with Crippen LogP contribution >= 0.6 is 0 Å². The van der Waals surface area contributed by atoms with Crippen molar-refractivity contribution in [2.45, 2.75) is 25.7 Å². The van der Waals surface area contributed by atoms with Gasteiger partial charge in [-0.1, -0.05) is 12.1 Å². The van der Waals surface area contributed by atoms with Crippen LogP contribution < -0.4 is 10.1 Å². The Balaban J connectivity index is 1.74. The first kappa shape index (κ1) is 12.5. The monoisotopic (exact) mass is 260 g/mol. The van der Waals surface area contributed by atoms with Gasteiger partial charge in [0.1, 0.15) is 5.75 Å². The van der Waals surface area contributed by atoms with Crippen LogP contribution in [0, 0.1) is 0 Å². The van der Waals surface area contributed by atoms with Crippen molar-refractivity contribution in [1.82, 2.24) is 10.2 Å². The van der Waals surface area contributed by atoms with E-state index in [1.54, 1.807) is 4.90 Å². The Kier molecular flexibility index (Phi) is 3.69. The van der Waals surface area contributed by atoms with Crippen LogP contribution in [-0.2, 0) is 12.8 Å². The van der Waals surface area contributed by atoms with E-state index in [1.165, 1.54) is 24.0 Å². The van der Waals surface area contributed by atoms with E-state index in [4.69, 9.17) is 4.74 Å². The molecule has 0 atom stereocenters. The number of benzene rings is 1. The van der Waals surface area contributed by atoms with Crippen molar-refractivity contribution in [1.29, 1.82) is 0 Å². The van der Waals surface area contributed by atoms with Gasteiger partial charge in [0.05, 0.1) is 0 Å². The third kappa shape index (κ3) is 2.73. The van der Waals surface area contributed by atoms with Gasteiger partial charge in [-0.15, -0.1) is 0 Å². The Labute approximate surface area is 113 Å². The number of aryl methyl sites for hydroxylation is 1. The maximum Gasteiger partial charge on any atom is 0.415 e. The molecule has 0 spiro atoms. The summed E-state index contributed by atoms with van der Waals surface area (Å²) in [5, 5.41) is 3.23. The number of carbonyl (C=O) groups excluding carboxylic acids is 1. The lowest BCUT2D eigenvalue weighted by molar-refractivity contribution is 0.145. The van der Waals surface area contributed by atoms with Crippen LogP contribution in [0.2, 0.25) is 0 Å². The molecule has 1 aliphatic heterocycles. The minimum atomic E-state index is -0.208. The molecule has 3 rings (SSSR count). The summed E-state index contributed by atoms with van der Waals surface area (Å²) in [4.78, 5) is 13.9. The first-order valence-electron chi connectivity index (χ1n) is 7.13. The molecule has 1 aromatic rings. The highest BCUT2D eigenvalue weighted by atomic mass is 16.6. The van der Waals surface area contributed by atoms with Crippen molar-refractivity contribution >= 4 is 6.09 Å². The van der Waals surface area contributed by atoms with Crippen molar-refractivity contribution < 1.29 is 9.53 Å². The number of carbonyl (C=O) groups is 1. The third-order valence-electron chi connectivity index (χ3n) is 3.93. The standard InChI is InChI=1S/C15H20N2O2/c18-15(17-10-8-16-9-11-17)19-14-7-3-5-12-4-1-2-6-13(12)14/h3,5,7,16H,1-2,4,6,8-11H2. The Morgan fingerprint density at radius 1 is 1.16 bits per heavy atom. The fourth-order valence-corrected chi connectivity index (χ4v) is 2.85. The zero-order valence-electron chi connectivity index (χ0n) is 11.2. The van der Waals surface area contributed by atoms with Gasteiger partial charge in [0.25, 0.3) is 0 Å². The summed E-state index contributed by atoms with van der Waals surface area (Å²) in [6.45, 7) is 3.16. The van der Waals surface area contributed by atoms with E-state index in [-0.39, 0.29) is 6.09 Å². The molecule has 0 unspecified atom stereocenters. The summed E-state index contributed by atoms with van der Waals surface area (Å²) in [5.74, 6) is 0.765. The molecule has 0 radical (unpaired) electrons. The highest BCUT2D eigenvalue weighted by molar-refractivity contribution is 5.71. The van der Waals surface area contributed by atoms with E-state index < -0.39 is 0 Å². The van der Waals surface area contributed by atoms with E-state index >= 15 is 0 Å². The van der Waals surface area contributed by atoms with Crippen LogP contribution in [0.5, 0.6) is 5.75 Å². The molecular formula is C15H20N2O2. The summed E-state index contributed by atoms with van der Waals surface area (Å²) < 4.78 is 5.61. The number of nitrogens with one attached hydrogen (secondary N) is 1. The van der Waals surface area contributed by atoms with Crippen molar-refractivity contribution in [3.8, 4) is 5.75 Å². The second-order valence-electron chi connectivity index (χ2n) is 5.21. The smallest absolute Gasteiger partial charge is 0.410 e. The Morgan fingerprint density at radius 2 is 1.95 bits per heavy atom. The molecular weight excluding hydrogens is 240 g/mol. The first-order chi connectivity index (χ1) is 9.34. The largest absolute Gasteiger partial charge is 0.415 e. The number of hydrogen-bond acceptors (Lipinski definition) is 3. The quantitative estimate of drug-likeness (QED) is 0.839. The van der Waals surface area contributed by atoms with Gasteiger partial charge < -0.3 is 15.0 Å². The molecule has 0 saturated carbocycles. The molecule has 4 heteroatoms. The fraction of sp³-hybridized carbons (Fsp3) is 0.533. The van der Waals surface area contributed by atoms with Crippen LogP contribution in [0.25, 0.3) is 0 Å². The summed E-state index contributed by atoms with van der Waals surface area (Å²) in [7, 11) is 0. The van der Waals surface area contributed by atoms with Crippen molar-refractivity contribution in [3.05, 3.63) is 29.3 Å². The van der Waals surface area contributed by atoms with E-state index in [1.807, 2.05) is 12.1 Å². The number of nitrogens with zero attached hydrogens (tertiary/aromatic N) is 1. The van der Waals surface area contributed by atoms with Gasteiger partial charge in [0.15, 0.2) is 0 Å². The number of rotatable bonds is 1. The van der Waals surface area contributed by atoms with Gasteiger partial charge in [-0.2, -0.15) is 0 Å². The van der Waals surface area contributed by atoms with Crippen LogP contribution in [0.1, 0.15) is 24.0 Å². The molecule has 1 saturated heterocycles. The van der Waals surface area contributed by atoms with Crippen LogP contribution in [0.4, 0.5) is 4.79 Å². The average molecular weight is 260 g/mol. The summed E-state index contributed by atoms with van der Waals surface area (Å²) >= 11 is 0. The third-order valence-corrected chi connectivity index (χ3v) is 3.93. The molecule has 1 fully saturated rings. The number of hydrogen-bond donors (Lipinski definition) is 1. The van der Waals surface area contributed by atoms with Gasteiger partial charge in [-0.25, -0.2) is 4.79 Å². The molecule has 4 nitrogen and oxygen atoms in total. The van der Waals surface area contributed by atoms with Gasteiger partial charge in [0.2, 0.25) is 0 Å². The number of piperazine rings is 1. The average Bonchev–Trinajstić information content (AvgIpc) is 2.48. The Morgan fingerprint density at radius 3 is 2.79 bits per heavy atom. The lowest BCUT2D eigenvalue weighted by Gasteiger charge is -2.27. The van der Waals surface area contributed by atoms with Crippen LogP contribution in [0.3, 0.4) is 0 Å². The van der Waals surface area contributed by atoms with Crippen molar-refractivity contribution in [2.75, 3.05) is 26.2 Å². The van der Waals surface area contributed by atoms with E-state index in [0.29, 0.717) is 0 Å². The lowest BCUT2D eigenvalue weighted by Crippen LogP contribution is -2.47. The van der Waals surface area contributed by atoms with Gasteiger partial charge in [-0.3, -0.25) is 0 Å². The summed E-state index contributed by atoms with van der Waals surface area (Å²) in [6.07, 6.45) is 4.35. The van der Waals surface area contributed by atoms with E-state index in [0.717, 1.165) is 44.8 Å². The van der Waals surface area contributed by atoms with E-state index in [2.05, 4.69) is 11.4 Å². The molecule has 0 bridgehead atoms. The normalized spacial score (nSPS) is 18.8. The molecule has 0 aromatic heterocycles. The van der Waals surface area contributed by atoms with Gasteiger partial charge in [0, 0.05) is 26.2 Å². The first-order valence-corrected chi connectivity index (χ1v) is 7.13. The number of ether oxygens (including phenoxy) is 1. The highest BCUT2D eigenvalue weighted by Crippen LogP contribution is 2.29. The van der Waals surface area contributed by atoms with Gasteiger partial charge >= 0.3 is 6.09 Å². The lowest BCUT2D eigenvalue weighted by atomic mass is 9.91. The molecule has 1 N–H and O–H groups in total. The number of fused-ring (bicyclic) bond motifs is 1. The molecule has 1 aromatic carbocycles. The maximum absolute atomic E-state index is 12.1. The Bertz CT molecular complexity index is 467. The highest BCUT2D eigenvalue weighted by Gasteiger charge is 2.21. The van der Waals surface area contributed by atoms with Crippen LogP contribution in [0.15, 0.2) is 18.2 Å². The molecule has 102 valence electrons. The van der Waals surface area contributed by atoms with Crippen molar-refractivity contribution in [2.24, 2.45) is 0 Å². The molecule has 1 amide bonds. The second kappa shape index (κ2) is 5.61. The zero-order chi connectivity index (χ0) is 13.1. The molecule has 1 aliphatic carbocycles. The van der Waals surface area contributed by atoms with E-state index in [9.17, 15) is 4.79 Å². The van der Waals surface area contributed by atoms with Crippen LogP contribution in [-0.4, -0.2) is 37.2 Å². The van der Waals surface area contributed by atoms with Crippen molar-refractivity contribution in [3.63, 3.8) is 0 Å². The zero-order valence-corrected chi connectivity index (χ0v) is 11.2.